The minimum absolute atomic E-state index is 0.0456. The highest BCUT2D eigenvalue weighted by Crippen LogP contribution is 2.43. The van der Waals surface area contributed by atoms with E-state index in [-0.39, 0.29) is 17.5 Å². The maximum absolute atomic E-state index is 13.2. The van der Waals surface area contributed by atoms with Crippen molar-refractivity contribution >= 4 is 34.5 Å². The van der Waals surface area contributed by atoms with Crippen LogP contribution in [0.25, 0.3) is 5.69 Å². The van der Waals surface area contributed by atoms with Crippen LogP contribution in [0, 0.1) is 0 Å². The van der Waals surface area contributed by atoms with Crippen LogP contribution in [0.5, 0.6) is 0 Å². The molecule has 2 heterocycles. The van der Waals surface area contributed by atoms with Gasteiger partial charge in [-0.05, 0) is 60.7 Å². The third-order valence-corrected chi connectivity index (χ3v) is 6.43. The molecule has 0 bridgehead atoms. The number of aromatic nitrogens is 2. The van der Waals surface area contributed by atoms with Crippen LogP contribution in [0.4, 0.5) is 24.5 Å². The molecule has 0 radical (unpaired) electrons. The number of halogens is 3. The van der Waals surface area contributed by atoms with Crippen molar-refractivity contribution < 1.29 is 22.8 Å². The van der Waals surface area contributed by atoms with E-state index >= 15 is 0 Å². The zero-order chi connectivity index (χ0) is 24.6. The van der Waals surface area contributed by atoms with Crippen LogP contribution < -0.4 is 10.6 Å². The highest BCUT2D eigenvalue weighted by molar-refractivity contribution is 7.12. The summed E-state index contributed by atoms with van der Waals surface area (Å²) in [6, 6.07) is 15.1. The SMILES string of the molecule is O=C(Nc1cccc(NC(=O)c2cnn(-c3cccc(C(F)(F)F)c3)c2C2CC2)c1)c1cccs1. The van der Waals surface area contributed by atoms with Crippen LogP contribution >= 0.6 is 11.3 Å². The van der Waals surface area contributed by atoms with Crippen molar-refractivity contribution in [3.63, 3.8) is 0 Å². The molecular weight excluding hydrogens is 477 g/mol. The van der Waals surface area contributed by atoms with Crippen molar-refractivity contribution in [3.05, 3.63) is 93.9 Å². The number of carbonyl (C=O) groups excluding carboxylic acids is 2. The molecule has 1 saturated carbocycles. The van der Waals surface area contributed by atoms with E-state index in [4.69, 9.17) is 0 Å². The first-order valence-corrected chi connectivity index (χ1v) is 11.7. The van der Waals surface area contributed by atoms with Crippen LogP contribution in [0.15, 0.2) is 72.2 Å². The van der Waals surface area contributed by atoms with Crippen molar-refractivity contribution in [1.82, 2.24) is 9.78 Å². The molecule has 1 fully saturated rings. The smallest absolute Gasteiger partial charge is 0.322 e. The molecule has 0 aliphatic heterocycles. The summed E-state index contributed by atoms with van der Waals surface area (Å²) in [5.74, 6) is -0.627. The molecule has 178 valence electrons. The summed E-state index contributed by atoms with van der Waals surface area (Å²) in [6.07, 6.45) is -1.44. The highest BCUT2D eigenvalue weighted by atomic mass is 32.1. The van der Waals surface area contributed by atoms with Crippen molar-refractivity contribution in [2.24, 2.45) is 0 Å². The summed E-state index contributed by atoms with van der Waals surface area (Å²) < 4.78 is 41.0. The van der Waals surface area contributed by atoms with Gasteiger partial charge in [0.1, 0.15) is 0 Å². The number of hydrogen-bond acceptors (Lipinski definition) is 4. The molecule has 6 nitrogen and oxygen atoms in total. The molecule has 4 aromatic rings. The molecule has 2 amide bonds. The second kappa shape index (κ2) is 9.03. The molecule has 1 aliphatic rings. The van der Waals surface area contributed by atoms with Crippen LogP contribution in [-0.4, -0.2) is 21.6 Å². The lowest BCUT2D eigenvalue weighted by atomic mass is 10.1. The molecule has 0 spiro atoms. The number of hydrogen-bond donors (Lipinski definition) is 2. The number of carbonyl (C=O) groups is 2. The fourth-order valence-electron chi connectivity index (χ4n) is 3.78. The van der Waals surface area contributed by atoms with Crippen LogP contribution in [0.2, 0.25) is 0 Å². The van der Waals surface area contributed by atoms with Gasteiger partial charge < -0.3 is 10.6 Å². The first kappa shape index (κ1) is 22.9. The molecule has 35 heavy (non-hydrogen) atoms. The fraction of sp³-hybridized carbons (Fsp3) is 0.160. The number of rotatable bonds is 6. The van der Waals surface area contributed by atoms with E-state index in [0.29, 0.717) is 27.5 Å². The van der Waals surface area contributed by atoms with Crippen molar-refractivity contribution in [1.29, 1.82) is 0 Å². The average Bonchev–Trinajstić information content (AvgIpc) is 3.32. The molecule has 0 saturated heterocycles. The van der Waals surface area contributed by atoms with E-state index < -0.39 is 17.6 Å². The van der Waals surface area contributed by atoms with Gasteiger partial charge in [-0.25, -0.2) is 4.68 Å². The van der Waals surface area contributed by atoms with Crippen molar-refractivity contribution in [2.75, 3.05) is 10.6 Å². The van der Waals surface area contributed by atoms with Gasteiger partial charge in [0.05, 0.1) is 33.6 Å². The number of anilines is 2. The van der Waals surface area contributed by atoms with Crippen molar-refractivity contribution in [2.45, 2.75) is 24.9 Å². The van der Waals surface area contributed by atoms with E-state index in [2.05, 4.69) is 15.7 Å². The number of thiophene rings is 1. The van der Waals surface area contributed by atoms with E-state index in [0.717, 1.165) is 25.0 Å². The Kier molecular flexibility index (Phi) is 5.89. The van der Waals surface area contributed by atoms with Crippen LogP contribution in [0.1, 0.15) is 50.0 Å². The predicted molar refractivity (Wildman–Crippen MR) is 127 cm³/mol. The minimum atomic E-state index is -4.48. The second-order valence-electron chi connectivity index (χ2n) is 8.14. The van der Waals surface area contributed by atoms with Gasteiger partial charge in [-0.1, -0.05) is 18.2 Å². The first-order chi connectivity index (χ1) is 16.8. The van der Waals surface area contributed by atoms with E-state index in [1.165, 1.54) is 34.3 Å². The predicted octanol–water partition coefficient (Wildman–Crippen LogP) is 6.33. The topological polar surface area (TPSA) is 76.0 Å². The largest absolute Gasteiger partial charge is 0.416 e. The molecule has 10 heteroatoms. The third-order valence-electron chi connectivity index (χ3n) is 5.56. The summed E-state index contributed by atoms with van der Waals surface area (Å²) in [6.45, 7) is 0. The standard InChI is InChI=1S/C25H19F3N4O2S/c26-25(27,28)16-4-1-7-19(12-16)32-22(15-9-10-15)20(14-29-32)23(33)30-17-5-2-6-18(13-17)31-24(34)21-8-3-11-35-21/h1-8,11-15H,9-10H2,(H,30,33)(H,31,34). The van der Waals surface area contributed by atoms with Gasteiger partial charge >= 0.3 is 6.18 Å². The van der Waals surface area contributed by atoms with Gasteiger partial charge in [-0.3, -0.25) is 9.59 Å². The summed E-state index contributed by atoms with van der Waals surface area (Å²) in [4.78, 5) is 26.0. The Labute approximate surface area is 202 Å². The summed E-state index contributed by atoms with van der Waals surface area (Å²) in [5, 5.41) is 11.7. The zero-order valence-corrected chi connectivity index (χ0v) is 19.0. The first-order valence-electron chi connectivity index (χ1n) is 10.8. The number of amides is 2. The lowest BCUT2D eigenvalue weighted by Crippen LogP contribution is -2.15. The number of benzene rings is 2. The Balaban J connectivity index is 1.38. The van der Waals surface area contributed by atoms with E-state index in [1.54, 1.807) is 36.4 Å². The van der Waals surface area contributed by atoms with Gasteiger partial charge in [0.25, 0.3) is 11.8 Å². The number of alkyl halides is 3. The maximum Gasteiger partial charge on any atom is 0.416 e. The normalized spacial score (nSPS) is 13.5. The molecule has 1 aliphatic carbocycles. The summed E-state index contributed by atoms with van der Waals surface area (Å²) in [7, 11) is 0. The monoisotopic (exact) mass is 496 g/mol. The minimum Gasteiger partial charge on any atom is -0.322 e. The quantitative estimate of drug-likeness (QED) is 0.327. The van der Waals surface area contributed by atoms with Gasteiger partial charge in [0.2, 0.25) is 0 Å². The Morgan fingerprint density at radius 1 is 0.943 bits per heavy atom. The molecule has 0 atom stereocenters. The third kappa shape index (κ3) is 4.97. The summed E-state index contributed by atoms with van der Waals surface area (Å²) >= 11 is 1.32. The molecular formula is C25H19F3N4O2S. The van der Waals surface area contributed by atoms with Gasteiger partial charge in [-0.2, -0.15) is 18.3 Å². The van der Waals surface area contributed by atoms with Gasteiger partial charge in [0, 0.05) is 17.3 Å². The highest BCUT2D eigenvalue weighted by Gasteiger charge is 2.34. The van der Waals surface area contributed by atoms with Crippen LogP contribution in [0.3, 0.4) is 0 Å². The number of nitrogens with zero attached hydrogens (tertiary/aromatic N) is 2. The van der Waals surface area contributed by atoms with E-state index in [9.17, 15) is 22.8 Å². The molecule has 2 aromatic carbocycles. The Morgan fingerprint density at radius 3 is 2.31 bits per heavy atom. The van der Waals surface area contributed by atoms with Gasteiger partial charge in [-0.15, -0.1) is 11.3 Å². The lowest BCUT2D eigenvalue weighted by molar-refractivity contribution is -0.137. The summed E-state index contributed by atoms with van der Waals surface area (Å²) in [5.41, 5.74) is 1.34. The Hall–Kier alpha value is -3.92. The van der Waals surface area contributed by atoms with Crippen molar-refractivity contribution in [3.8, 4) is 5.69 Å². The van der Waals surface area contributed by atoms with Crippen LogP contribution in [-0.2, 0) is 6.18 Å². The Morgan fingerprint density at radius 2 is 1.66 bits per heavy atom. The average molecular weight is 497 g/mol. The molecule has 2 N–H and O–H groups in total. The fourth-order valence-corrected chi connectivity index (χ4v) is 4.39. The lowest BCUT2D eigenvalue weighted by Gasteiger charge is -2.12. The zero-order valence-electron chi connectivity index (χ0n) is 18.2. The second-order valence-corrected chi connectivity index (χ2v) is 9.09. The molecule has 0 unspecified atom stereocenters. The maximum atomic E-state index is 13.2. The molecule has 2 aromatic heterocycles. The molecule has 5 rings (SSSR count). The Bertz CT molecular complexity index is 1390. The number of nitrogens with one attached hydrogen (secondary N) is 2. The van der Waals surface area contributed by atoms with Gasteiger partial charge in [0.15, 0.2) is 0 Å². The van der Waals surface area contributed by atoms with E-state index in [1.807, 2.05) is 5.38 Å².